The molecule has 0 radical (unpaired) electrons. The summed E-state index contributed by atoms with van der Waals surface area (Å²) in [4.78, 5) is 27.8. The number of aryl methyl sites for hydroxylation is 1. The van der Waals surface area contributed by atoms with Crippen LogP contribution < -0.4 is 5.32 Å². The molecule has 1 aromatic heterocycles. The number of carboxylic acid groups (broad SMARTS) is 1. The standard InChI is InChI=1S/C14H17N3O3/c1-17-5-4-15-10(17)7-16-13(18)11-8-2-3-9(6-8)12(11)14(19)20/h2-5,8-9,11-12H,6-7H2,1H3,(H,16,18)(H,19,20)/t8?,9?,11-,12+/m0/s1. The summed E-state index contributed by atoms with van der Waals surface area (Å²) in [6.07, 6.45) is 8.17. The maximum atomic E-state index is 12.3. The number of allylic oxidation sites excluding steroid dienone is 2. The predicted octanol–water partition coefficient (Wildman–Crippen LogP) is 0.559. The van der Waals surface area contributed by atoms with Gasteiger partial charge in [0.2, 0.25) is 5.91 Å². The van der Waals surface area contributed by atoms with E-state index in [1.54, 1.807) is 6.20 Å². The van der Waals surface area contributed by atoms with Crippen molar-refractivity contribution in [3.63, 3.8) is 0 Å². The number of nitrogens with one attached hydrogen (secondary N) is 1. The highest BCUT2D eigenvalue weighted by molar-refractivity contribution is 5.86. The molecule has 20 heavy (non-hydrogen) atoms. The van der Waals surface area contributed by atoms with Gasteiger partial charge in [-0.15, -0.1) is 0 Å². The highest BCUT2D eigenvalue weighted by Gasteiger charge is 2.51. The Balaban J connectivity index is 1.69. The number of hydrogen-bond donors (Lipinski definition) is 2. The lowest BCUT2D eigenvalue weighted by molar-refractivity contribution is -0.147. The Morgan fingerprint density at radius 2 is 2.10 bits per heavy atom. The third-order valence-electron chi connectivity index (χ3n) is 4.39. The zero-order chi connectivity index (χ0) is 14.3. The number of carbonyl (C=O) groups excluding carboxylic acids is 1. The fourth-order valence-electron chi connectivity index (χ4n) is 3.37. The van der Waals surface area contributed by atoms with Crippen LogP contribution in [0.15, 0.2) is 24.5 Å². The number of carboxylic acids is 1. The van der Waals surface area contributed by atoms with E-state index in [2.05, 4.69) is 10.3 Å². The van der Waals surface area contributed by atoms with Gasteiger partial charge in [0, 0.05) is 19.4 Å². The molecule has 6 heteroatoms. The fourth-order valence-corrected chi connectivity index (χ4v) is 3.37. The largest absolute Gasteiger partial charge is 0.481 e. The van der Waals surface area contributed by atoms with Crippen molar-refractivity contribution in [1.29, 1.82) is 0 Å². The van der Waals surface area contributed by atoms with Crippen LogP contribution >= 0.6 is 0 Å². The van der Waals surface area contributed by atoms with Gasteiger partial charge in [0.05, 0.1) is 18.4 Å². The molecule has 3 rings (SSSR count). The van der Waals surface area contributed by atoms with Crippen molar-refractivity contribution in [3.8, 4) is 0 Å². The molecule has 2 N–H and O–H groups in total. The Morgan fingerprint density at radius 1 is 1.40 bits per heavy atom. The first-order chi connectivity index (χ1) is 9.58. The molecule has 0 spiro atoms. The molecule has 1 saturated carbocycles. The van der Waals surface area contributed by atoms with Crippen molar-refractivity contribution < 1.29 is 14.7 Å². The summed E-state index contributed by atoms with van der Waals surface area (Å²) in [5.41, 5.74) is 0. The van der Waals surface area contributed by atoms with Gasteiger partial charge >= 0.3 is 5.97 Å². The fraction of sp³-hybridized carbons (Fsp3) is 0.500. The summed E-state index contributed by atoms with van der Waals surface area (Å²) in [6.45, 7) is 0.326. The van der Waals surface area contributed by atoms with E-state index in [9.17, 15) is 14.7 Å². The molecule has 0 saturated heterocycles. The van der Waals surface area contributed by atoms with Crippen molar-refractivity contribution >= 4 is 11.9 Å². The van der Waals surface area contributed by atoms with Gasteiger partial charge in [0.1, 0.15) is 5.82 Å². The lowest BCUT2D eigenvalue weighted by Crippen LogP contribution is -2.40. The van der Waals surface area contributed by atoms with Gasteiger partial charge in [-0.3, -0.25) is 9.59 Å². The topological polar surface area (TPSA) is 84.2 Å². The molecular formula is C14H17N3O3. The zero-order valence-corrected chi connectivity index (χ0v) is 11.2. The van der Waals surface area contributed by atoms with E-state index in [1.165, 1.54) is 0 Å². The van der Waals surface area contributed by atoms with Gasteiger partial charge in [-0.2, -0.15) is 0 Å². The van der Waals surface area contributed by atoms with Crippen LogP contribution in [-0.4, -0.2) is 26.5 Å². The Hall–Kier alpha value is -2.11. The van der Waals surface area contributed by atoms with Gasteiger partial charge in [0.25, 0.3) is 0 Å². The van der Waals surface area contributed by atoms with E-state index >= 15 is 0 Å². The third-order valence-corrected chi connectivity index (χ3v) is 4.39. The quantitative estimate of drug-likeness (QED) is 0.786. The van der Waals surface area contributed by atoms with Crippen molar-refractivity contribution in [2.75, 3.05) is 0 Å². The molecule has 106 valence electrons. The second-order valence-corrected chi connectivity index (χ2v) is 5.51. The van der Waals surface area contributed by atoms with Crippen LogP contribution in [0, 0.1) is 23.7 Å². The number of amides is 1. The minimum Gasteiger partial charge on any atom is -0.481 e. The highest BCUT2D eigenvalue weighted by atomic mass is 16.4. The summed E-state index contributed by atoms with van der Waals surface area (Å²) >= 11 is 0. The molecule has 1 aromatic rings. The molecule has 2 unspecified atom stereocenters. The highest BCUT2D eigenvalue weighted by Crippen LogP contribution is 2.48. The normalized spacial score (nSPS) is 30.6. The van der Waals surface area contributed by atoms with Crippen LogP contribution in [0.2, 0.25) is 0 Å². The number of carbonyl (C=O) groups is 2. The first-order valence-corrected chi connectivity index (χ1v) is 6.73. The minimum absolute atomic E-state index is 0.00131. The van der Waals surface area contributed by atoms with Gasteiger partial charge < -0.3 is 15.0 Å². The number of fused-ring (bicyclic) bond motifs is 2. The predicted molar refractivity (Wildman–Crippen MR) is 70.4 cm³/mol. The van der Waals surface area contributed by atoms with E-state index in [0.29, 0.717) is 6.54 Å². The second-order valence-electron chi connectivity index (χ2n) is 5.51. The summed E-state index contributed by atoms with van der Waals surface area (Å²) in [5.74, 6) is -1.29. The number of imidazole rings is 1. The maximum Gasteiger partial charge on any atom is 0.307 e. The molecule has 1 heterocycles. The summed E-state index contributed by atoms with van der Waals surface area (Å²) in [5, 5.41) is 12.1. The monoisotopic (exact) mass is 275 g/mol. The Bertz CT molecular complexity index is 578. The molecular weight excluding hydrogens is 258 g/mol. The van der Waals surface area contributed by atoms with Crippen LogP contribution in [0.1, 0.15) is 12.2 Å². The van der Waals surface area contributed by atoms with E-state index in [0.717, 1.165) is 12.2 Å². The summed E-state index contributed by atoms with van der Waals surface area (Å²) in [7, 11) is 1.86. The lowest BCUT2D eigenvalue weighted by Gasteiger charge is -2.23. The van der Waals surface area contributed by atoms with Crippen molar-refractivity contribution in [2.24, 2.45) is 30.7 Å². The van der Waals surface area contributed by atoms with Gasteiger partial charge in [0.15, 0.2) is 0 Å². The molecule has 6 nitrogen and oxygen atoms in total. The minimum atomic E-state index is -0.876. The smallest absolute Gasteiger partial charge is 0.307 e. The van der Waals surface area contributed by atoms with Crippen LogP contribution in [0.25, 0.3) is 0 Å². The first kappa shape index (κ1) is 12.9. The van der Waals surface area contributed by atoms with E-state index < -0.39 is 17.8 Å². The molecule has 1 fully saturated rings. The number of hydrogen-bond acceptors (Lipinski definition) is 3. The van der Waals surface area contributed by atoms with E-state index in [4.69, 9.17) is 0 Å². The molecule has 4 atom stereocenters. The van der Waals surface area contributed by atoms with Gasteiger partial charge in [-0.25, -0.2) is 4.98 Å². The first-order valence-electron chi connectivity index (χ1n) is 6.73. The second kappa shape index (κ2) is 4.77. The lowest BCUT2D eigenvalue weighted by atomic mass is 9.82. The Kier molecular flexibility index (Phi) is 3.08. The van der Waals surface area contributed by atoms with Crippen molar-refractivity contribution in [3.05, 3.63) is 30.4 Å². The Labute approximate surface area is 116 Å². The number of aromatic nitrogens is 2. The third kappa shape index (κ3) is 2.01. The molecule has 2 bridgehead atoms. The summed E-state index contributed by atoms with van der Waals surface area (Å²) < 4.78 is 1.83. The van der Waals surface area contributed by atoms with E-state index in [1.807, 2.05) is 30.0 Å². The van der Waals surface area contributed by atoms with Crippen LogP contribution in [-0.2, 0) is 23.2 Å². The number of nitrogens with zero attached hydrogens (tertiary/aromatic N) is 2. The van der Waals surface area contributed by atoms with Gasteiger partial charge in [-0.1, -0.05) is 12.2 Å². The van der Waals surface area contributed by atoms with Crippen molar-refractivity contribution in [2.45, 2.75) is 13.0 Å². The molecule has 2 aliphatic rings. The number of aliphatic carboxylic acids is 1. The molecule has 0 aliphatic heterocycles. The molecule has 0 aromatic carbocycles. The zero-order valence-electron chi connectivity index (χ0n) is 11.2. The Morgan fingerprint density at radius 3 is 2.70 bits per heavy atom. The average molecular weight is 275 g/mol. The maximum absolute atomic E-state index is 12.3. The molecule has 1 amide bonds. The van der Waals surface area contributed by atoms with Crippen LogP contribution in [0.5, 0.6) is 0 Å². The van der Waals surface area contributed by atoms with Crippen LogP contribution in [0.4, 0.5) is 0 Å². The summed E-state index contributed by atoms with van der Waals surface area (Å²) in [6, 6.07) is 0. The van der Waals surface area contributed by atoms with Crippen molar-refractivity contribution in [1.82, 2.24) is 14.9 Å². The number of rotatable bonds is 4. The van der Waals surface area contributed by atoms with E-state index in [-0.39, 0.29) is 17.7 Å². The SMILES string of the molecule is Cn1ccnc1CNC(=O)[C@H]1C2C=CC(C2)[C@H]1C(=O)O. The van der Waals surface area contributed by atoms with Crippen LogP contribution in [0.3, 0.4) is 0 Å². The average Bonchev–Trinajstić information content (AvgIpc) is 3.10. The van der Waals surface area contributed by atoms with Gasteiger partial charge in [-0.05, 0) is 18.3 Å². The molecule has 2 aliphatic carbocycles.